The van der Waals surface area contributed by atoms with E-state index in [1.54, 1.807) is 0 Å². The minimum atomic E-state index is -0.0513. The Labute approximate surface area is 102 Å². The monoisotopic (exact) mass is 235 g/mol. The molecule has 3 heteroatoms. The van der Waals surface area contributed by atoms with Gasteiger partial charge in [-0.3, -0.25) is 14.9 Å². The van der Waals surface area contributed by atoms with Gasteiger partial charge in [0.15, 0.2) is 0 Å². The van der Waals surface area contributed by atoms with Crippen LogP contribution in [0.4, 0.5) is 0 Å². The molecule has 3 rings (SSSR count). The zero-order valence-corrected chi connectivity index (χ0v) is 10.5. The Hall–Kier alpha value is -0.860. The van der Waals surface area contributed by atoms with Crippen LogP contribution in [-0.2, 0) is 9.59 Å². The van der Waals surface area contributed by atoms with Crippen LogP contribution in [0.3, 0.4) is 0 Å². The molecule has 3 fully saturated rings. The van der Waals surface area contributed by atoms with Crippen molar-refractivity contribution >= 4 is 11.8 Å². The molecular weight excluding hydrogens is 214 g/mol. The summed E-state index contributed by atoms with van der Waals surface area (Å²) in [7, 11) is 0. The number of amides is 2. The van der Waals surface area contributed by atoms with E-state index in [4.69, 9.17) is 0 Å². The normalized spacial score (nSPS) is 42.6. The van der Waals surface area contributed by atoms with Crippen molar-refractivity contribution in [2.45, 2.75) is 51.9 Å². The quantitative estimate of drug-likeness (QED) is 0.709. The van der Waals surface area contributed by atoms with Gasteiger partial charge in [0.25, 0.3) is 0 Å². The van der Waals surface area contributed by atoms with Gasteiger partial charge >= 0.3 is 0 Å². The molecular formula is C14H21NO2. The first-order chi connectivity index (χ1) is 8.11. The van der Waals surface area contributed by atoms with Crippen LogP contribution in [0.25, 0.3) is 0 Å². The van der Waals surface area contributed by atoms with Crippen LogP contribution in [0, 0.1) is 23.2 Å². The first-order valence-electron chi connectivity index (χ1n) is 6.94. The molecule has 0 aromatic heterocycles. The molecule has 1 N–H and O–H groups in total. The van der Waals surface area contributed by atoms with E-state index in [1.165, 1.54) is 25.7 Å². The topological polar surface area (TPSA) is 46.2 Å². The van der Waals surface area contributed by atoms with E-state index in [0.717, 1.165) is 24.7 Å². The highest BCUT2D eigenvalue weighted by Gasteiger charge is 2.50. The van der Waals surface area contributed by atoms with Gasteiger partial charge in [0.1, 0.15) is 0 Å². The Bertz CT molecular complexity index is 361. The van der Waals surface area contributed by atoms with E-state index < -0.39 is 0 Å². The molecule has 0 aromatic rings. The van der Waals surface area contributed by atoms with Gasteiger partial charge in [0, 0.05) is 12.3 Å². The summed E-state index contributed by atoms with van der Waals surface area (Å²) >= 11 is 0. The number of carbonyl (C=O) groups excluding carboxylic acids is 2. The zero-order valence-electron chi connectivity index (χ0n) is 10.5. The second-order valence-corrected chi connectivity index (χ2v) is 6.37. The fourth-order valence-corrected chi connectivity index (χ4v) is 4.01. The van der Waals surface area contributed by atoms with Gasteiger partial charge < -0.3 is 0 Å². The van der Waals surface area contributed by atoms with E-state index in [1.807, 2.05) is 6.92 Å². The van der Waals surface area contributed by atoms with E-state index in [-0.39, 0.29) is 23.1 Å². The number of piperidine rings is 1. The number of carbonyl (C=O) groups is 2. The Morgan fingerprint density at radius 1 is 1.18 bits per heavy atom. The molecule has 2 amide bonds. The van der Waals surface area contributed by atoms with Crippen molar-refractivity contribution in [2.24, 2.45) is 23.2 Å². The minimum absolute atomic E-state index is 0.00900. The van der Waals surface area contributed by atoms with Crippen molar-refractivity contribution in [3.8, 4) is 0 Å². The van der Waals surface area contributed by atoms with Crippen LogP contribution in [-0.4, -0.2) is 11.8 Å². The Morgan fingerprint density at radius 3 is 2.65 bits per heavy atom. The lowest BCUT2D eigenvalue weighted by molar-refractivity contribution is -0.145. The van der Waals surface area contributed by atoms with Gasteiger partial charge in [-0.2, -0.15) is 0 Å². The van der Waals surface area contributed by atoms with Gasteiger partial charge in [0.05, 0.1) is 0 Å². The lowest BCUT2D eigenvalue weighted by atomic mass is 9.59. The first-order valence-corrected chi connectivity index (χ1v) is 6.94. The van der Waals surface area contributed by atoms with Crippen molar-refractivity contribution in [3.63, 3.8) is 0 Å². The van der Waals surface area contributed by atoms with Crippen LogP contribution in [0.5, 0.6) is 0 Å². The third-order valence-corrected chi connectivity index (χ3v) is 5.29. The zero-order chi connectivity index (χ0) is 12.0. The highest BCUT2D eigenvalue weighted by atomic mass is 16.2. The molecule has 3 atom stereocenters. The third-order valence-electron chi connectivity index (χ3n) is 5.29. The van der Waals surface area contributed by atoms with Crippen LogP contribution in [0.1, 0.15) is 51.9 Å². The average Bonchev–Trinajstić information content (AvgIpc) is 3.10. The molecule has 1 spiro atoms. The van der Waals surface area contributed by atoms with E-state index in [0.29, 0.717) is 6.42 Å². The lowest BCUT2D eigenvalue weighted by Gasteiger charge is -2.46. The highest BCUT2D eigenvalue weighted by molar-refractivity contribution is 5.99. The van der Waals surface area contributed by atoms with Gasteiger partial charge in [-0.05, 0) is 42.9 Å². The standard InChI is InChI=1S/C14H21NO2/c1-9-13(17)15-12(16)8-14(9)6-2-3-11(7-14)10-4-5-10/h9-11H,2-8H2,1H3,(H,15,16,17). The van der Waals surface area contributed by atoms with Crippen molar-refractivity contribution in [3.05, 3.63) is 0 Å². The molecule has 2 saturated carbocycles. The van der Waals surface area contributed by atoms with Crippen molar-refractivity contribution in [1.82, 2.24) is 5.32 Å². The van der Waals surface area contributed by atoms with Crippen molar-refractivity contribution < 1.29 is 9.59 Å². The molecule has 3 unspecified atom stereocenters. The van der Waals surface area contributed by atoms with Gasteiger partial charge in [-0.1, -0.05) is 19.8 Å². The SMILES string of the molecule is CC1C(=O)NC(=O)CC12CCCC(C1CC1)C2. The molecule has 0 radical (unpaired) electrons. The lowest BCUT2D eigenvalue weighted by Crippen LogP contribution is -2.52. The fourth-order valence-electron chi connectivity index (χ4n) is 4.01. The number of imide groups is 1. The molecule has 1 aliphatic heterocycles. The molecule has 3 aliphatic rings. The molecule has 0 aromatic carbocycles. The predicted octanol–water partition coefficient (Wildman–Crippen LogP) is 2.26. The first kappa shape index (κ1) is 11.2. The third kappa shape index (κ3) is 1.90. The smallest absolute Gasteiger partial charge is 0.229 e. The summed E-state index contributed by atoms with van der Waals surface area (Å²) in [6, 6.07) is 0. The maximum absolute atomic E-state index is 11.8. The van der Waals surface area contributed by atoms with Crippen LogP contribution < -0.4 is 5.32 Å². The maximum atomic E-state index is 11.8. The average molecular weight is 235 g/mol. The molecule has 2 aliphatic carbocycles. The van der Waals surface area contributed by atoms with Crippen LogP contribution >= 0.6 is 0 Å². The van der Waals surface area contributed by atoms with Crippen LogP contribution in [0.15, 0.2) is 0 Å². The Morgan fingerprint density at radius 2 is 1.94 bits per heavy atom. The largest absolute Gasteiger partial charge is 0.296 e. The van der Waals surface area contributed by atoms with E-state index in [2.05, 4.69) is 5.32 Å². The number of rotatable bonds is 1. The fraction of sp³-hybridized carbons (Fsp3) is 0.857. The number of hydrogen-bond acceptors (Lipinski definition) is 2. The molecule has 1 heterocycles. The van der Waals surface area contributed by atoms with E-state index >= 15 is 0 Å². The molecule has 94 valence electrons. The maximum Gasteiger partial charge on any atom is 0.229 e. The van der Waals surface area contributed by atoms with Crippen molar-refractivity contribution in [1.29, 1.82) is 0 Å². The summed E-state index contributed by atoms with van der Waals surface area (Å²) < 4.78 is 0. The number of nitrogens with one attached hydrogen (secondary N) is 1. The molecule has 1 saturated heterocycles. The summed E-state index contributed by atoms with van der Waals surface area (Å²) in [5, 5.41) is 2.48. The molecule has 0 bridgehead atoms. The summed E-state index contributed by atoms with van der Waals surface area (Å²) in [6.07, 6.45) is 8.00. The van der Waals surface area contributed by atoms with E-state index in [9.17, 15) is 9.59 Å². The van der Waals surface area contributed by atoms with Gasteiger partial charge in [0.2, 0.25) is 11.8 Å². The second-order valence-electron chi connectivity index (χ2n) is 6.37. The second kappa shape index (κ2) is 3.82. The van der Waals surface area contributed by atoms with Crippen LogP contribution in [0.2, 0.25) is 0 Å². The van der Waals surface area contributed by atoms with Gasteiger partial charge in [-0.15, -0.1) is 0 Å². The summed E-state index contributed by atoms with van der Waals surface area (Å²) in [6.45, 7) is 2.01. The predicted molar refractivity (Wildman–Crippen MR) is 64.0 cm³/mol. The van der Waals surface area contributed by atoms with Crippen molar-refractivity contribution in [2.75, 3.05) is 0 Å². The Balaban J connectivity index is 1.82. The van der Waals surface area contributed by atoms with Gasteiger partial charge in [-0.25, -0.2) is 0 Å². The summed E-state index contributed by atoms with van der Waals surface area (Å²) in [5.41, 5.74) is -0.00900. The summed E-state index contributed by atoms with van der Waals surface area (Å²) in [5.74, 6) is 1.60. The highest BCUT2D eigenvalue weighted by Crippen LogP contribution is 2.54. The molecule has 3 nitrogen and oxygen atoms in total. The summed E-state index contributed by atoms with van der Waals surface area (Å²) in [4.78, 5) is 23.5. The number of hydrogen-bond donors (Lipinski definition) is 1. The molecule has 17 heavy (non-hydrogen) atoms. The minimum Gasteiger partial charge on any atom is -0.296 e. The Kier molecular flexibility index (Phi) is 2.53.